The molecule has 0 aliphatic carbocycles. The highest BCUT2D eigenvalue weighted by Gasteiger charge is 2.14. The molecule has 5 heteroatoms. The van der Waals surface area contributed by atoms with E-state index in [9.17, 15) is 4.79 Å². The Balaban J connectivity index is 2.25. The van der Waals surface area contributed by atoms with Crippen molar-refractivity contribution in [3.8, 4) is 0 Å². The van der Waals surface area contributed by atoms with Crippen LogP contribution in [-0.2, 0) is 19.4 Å². The molecule has 0 saturated heterocycles. The lowest BCUT2D eigenvalue weighted by Gasteiger charge is -2.07. The molecule has 0 N–H and O–H groups in total. The third-order valence-corrected chi connectivity index (χ3v) is 3.71. The van der Waals surface area contributed by atoms with Crippen molar-refractivity contribution in [2.45, 2.75) is 33.2 Å². The van der Waals surface area contributed by atoms with Crippen molar-refractivity contribution < 1.29 is 4.79 Å². The summed E-state index contributed by atoms with van der Waals surface area (Å²) in [6.45, 7) is 4.29. The summed E-state index contributed by atoms with van der Waals surface area (Å²) < 4.78 is 1.76. The smallest absolute Gasteiger partial charge is 0.185 e. The van der Waals surface area contributed by atoms with E-state index in [1.807, 2.05) is 19.9 Å². The van der Waals surface area contributed by atoms with Gasteiger partial charge in [-0.05, 0) is 37.1 Å². The van der Waals surface area contributed by atoms with Crippen LogP contribution in [0.4, 0.5) is 0 Å². The van der Waals surface area contributed by atoms with Gasteiger partial charge in [0.05, 0.1) is 10.7 Å². The maximum atomic E-state index is 12.3. The Labute approximate surface area is 128 Å². The van der Waals surface area contributed by atoms with Gasteiger partial charge in [0, 0.05) is 16.3 Å². The first-order chi connectivity index (χ1) is 9.55. The summed E-state index contributed by atoms with van der Waals surface area (Å²) in [5, 5.41) is 5.34. The molecule has 2 rings (SSSR count). The topological polar surface area (TPSA) is 34.9 Å². The minimum atomic E-state index is -0.0629. The van der Waals surface area contributed by atoms with Gasteiger partial charge in [0.15, 0.2) is 5.78 Å². The molecule has 106 valence electrons. The summed E-state index contributed by atoms with van der Waals surface area (Å²) in [5.41, 5.74) is 2.53. The number of ketones is 1. The Bertz CT molecular complexity index is 635. The second-order valence-electron chi connectivity index (χ2n) is 4.54. The van der Waals surface area contributed by atoms with Gasteiger partial charge < -0.3 is 0 Å². The van der Waals surface area contributed by atoms with Gasteiger partial charge >= 0.3 is 0 Å². The molecule has 0 bridgehead atoms. The molecule has 0 atom stereocenters. The van der Waals surface area contributed by atoms with Gasteiger partial charge in [0.1, 0.15) is 6.54 Å². The number of aryl methyl sites for hydroxylation is 2. The number of aromatic nitrogens is 2. The van der Waals surface area contributed by atoms with E-state index in [0.29, 0.717) is 15.6 Å². The van der Waals surface area contributed by atoms with E-state index < -0.39 is 0 Å². The number of nitrogens with zero attached hydrogens (tertiary/aromatic N) is 2. The van der Waals surface area contributed by atoms with Gasteiger partial charge in [-0.3, -0.25) is 9.48 Å². The van der Waals surface area contributed by atoms with Crippen molar-refractivity contribution in [3.63, 3.8) is 0 Å². The minimum absolute atomic E-state index is 0.0629. The van der Waals surface area contributed by atoms with Gasteiger partial charge in [0.25, 0.3) is 0 Å². The predicted molar refractivity (Wildman–Crippen MR) is 81.8 cm³/mol. The van der Waals surface area contributed by atoms with Crippen molar-refractivity contribution in [3.05, 3.63) is 51.3 Å². The first-order valence-corrected chi connectivity index (χ1v) is 7.34. The SMILES string of the molecule is CCc1cc(CC)n(CC(=O)c2ccc(Cl)cc2Cl)n1. The molecular weight excluding hydrogens is 295 g/mol. The molecule has 20 heavy (non-hydrogen) atoms. The van der Waals surface area contributed by atoms with E-state index in [-0.39, 0.29) is 12.3 Å². The number of hydrogen-bond donors (Lipinski definition) is 0. The molecule has 0 unspecified atom stereocenters. The van der Waals surface area contributed by atoms with Crippen LogP contribution in [0.1, 0.15) is 35.6 Å². The molecule has 1 heterocycles. The Morgan fingerprint density at radius 3 is 2.55 bits per heavy atom. The third-order valence-electron chi connectivity index (χ3n) is 3.16. The molecule has 0 aliphatic heterocycles. The average Bonchev–Trinajstić information content (AvgIpc) is 2.80. The van der Waals surface area contributed by atoms with Gasteiger partial charge in [-0.1, -0.05) is 37.0 Å². The van der Waals surface area contributed by atoms with E-state index in [1.54, 1.807) is 22.9 Å². The second-order valence-corrected chi connectivity index (χ2v) is 5.38. The molecule has 0 aliphatic rings. The zero-order chi connectivity index (χ0) is 14.7. The fourth-order valence-corrected chi connectivity index (χ4v) is 2.56. The maximum Gasteiger partial charge on any atom is 0.185 e. The van der Waals surface area contributed by atoms with Crippen molar-refractivity contribution in [2.24, 2.45) is 0 Å². The van der Waals surface area contributed by atoms with Crippen LogP contribution in [0.25, 0.3) is 0 Å². The van der Waals surface area contributed by atoms with Crippen LogP contribution in [0.3, 0.4) is 0 Å². The summed E-state index contributed by atoms with van der Waals surface area (Å²) in [4.78, 5) is 12.3. The first-order valence-electron chi connectivity index (χ1n) is 6.59. The molecule has 0 radical (unpaired) electrons. The molecule has 3 nitrogen and oxygen atoms in total. The summed E-state index contributed by atoms with van der Waals surface area (Å²) >= 11 is 11.9. The molecule has 2 aromatic rings. The van der Waals surface area contributed by atoms with Gasteiger partial charge in [-0.2, -0.15) is 5.10 Å². The van der Waals surface area contributed by atoms with E-state index >= 15 is 0 Å². The second kappa shape index (κ2) is 6.42. The highest BCUT2D eigenvalue weighted by Crippen LogP contribution is 2.22. The highest BCUT2D eigenvalue weighted by molar-refractivity contribution is 6.36. The lowest BCUT2D eigenvalue weighted by atomic mass is 10.1. The van der Waals surface area contributed by atoms with Crippen LogP contribution in [0.5, 0.6) is 0 Å². The Kier molecular flexibility index (Phi) is 4.84. The number of benzene rings is 1. The first kappa shape index (κ1) is 15.1. The van der Waals surface area contributed by atoms with Crippen LogP contribution in [0.15, 0.2) is 24.3 Å². The summed E-state index contributed by atoms with van der Waals surface area (Å²) in [6, 6.07) is 6.94. The minimum Gasteiger partial charge on any atom is -0.292 e. The normalized spacial score (nSPS) is 10.8. The summed E-state index contributed by atoms with van der Waals surface area (Å²) in [7, 11) is 0. The maximum absolute atomic E-state index is 12.3. The predicted octanol–water partition coefficient (Wildman–Crippen LogP) is 4.20. The quantitative estimate of drug-likeness (QED) is 0.776. The van der Waals surface area contributed by atoms with E-state index in [1.165, 1.54) is 0 Å². The number of hydrogen-bond acceptors (Lipinski definition) is 2. The summed E-state index contributed by atoms with van der Waals surface area (Å²) in [5.74, 6) is -0.0629. The lowest BCUT2D eigenvalue weighted by molar-refractivity contribution is 0.0966. The fraction of sp³-hybridized carbons (Fsp3) is 0.333. The van der Waals surface area contributed by atoms with E-state index in [4.69, 9.17) is 23.2 Å². The van der Waals surface area contributed by atoms with Crippen LogP contribution in [-0.4, -0.2) is 15.6 Å². The van der Waals surface area contributed by atoms with Crippen LogP contribution in [0.2, 0.25) is 10.0 Å². The van der Waals surface area contributed by atoms with Gasteiger partial charge in [-0.15, -0.1) is 0 Å². The monoisotopic (exact) mass is 310 g/mol. The number of rotatable bonds is 5. The molecule has 1 aromatic heterocycles. The zero-order valence-corrected chi connectivity index (χ0v) is 13.0. The van der Waals surface area contributed by atoms with Crippen molar-refractivity contribution in [1.82, 2.24) is 9.78 Å². The van der Waals surface area contributed by atoms with Crippen molar-refractivity contribution >= 4 is 29.0 Å². The zero-order valence-electron chi connectivity index (χ0n) is 11.5. The fourth-order valence-electron chi connectivity index (χ4n) is 2.05. The van der Waals surface area contributed by atoms with Crippen LogP contribution >= 0.6 is 23.2 Å². The molecule has 0 amide bonds. The van der Waals surface area contributed by atoms with Gasteiger partial charge in [-0.25, -0.2) is 0 Å². The van der Waals surface area contributed by atoms with E-state index in [0.717, 1.165) is 24.2 Å². The molecular formula is C15H16Cl2N2O. The number of carbonyl (C=O) groups excluding carboxylic acids is 1. The molecule has 0 fully saturated rings. The number of carbonyl (C=O) groups is 1. The molecule has 0 spiro atoms. The van der Waals surface area contributed by atoms with Crippen LogP contribution < -0.4 is 0 Å². The van der Waals surface area contributed by atoms with Crippen molar-refractivity contribution in [1.29, 1.82) is 0 Å². The number of Topliss-reactive ketones (excluding diaryl/α,β-unsaturated/α-hetero) is 1. The number of halogens is 2. The van der Waals surface area contributed by atoms with E-state index in [2.05, 4.69) is 5.10 Å². The average molecular weight is 311 g/mol. The van der Waals surface area contributed by atoms with Crippen LogP contribution in [0, 0.1) is 0 Å². The Morgan fingerprint density at radius 2 is 1.95 bits per heavy atom. The summed E-state index contributed by atoms with van der Waals surface area (Å²) in [6.07, 6.45) is 1.70. The lowest BCUT2D eigenvalue weighted by Crippen LogP contribution is -2.14. The van der Waals surface area contributed by atoms with Gasteiger partial charge in [0.2, 0.25) is 0 Å². The molecule has 1 aromatic carbocycles. The third kappa shape index (κ3) is 3.22. The Hall–Kier alpha value is -1.32. The molecule has 0 saturated carbocycles. The van der Waals surface area contributed by atoms with Crippen molar-refractivity contribution in [2.75, 3.05) is 0 Å². The highest BCUT2D eigenvalue weighted by atomic mass is 35.5. The standard InChI is InChI=1S/C15H16Cl2N2O/c1-3-11-8-12(4-2)19(18-11)9-15(20)13-6-5-10(16)7-14(13)17/h5-8H,3-4,9H2,1-2H3. The Morgan fingerprint density at radius 1 is 1.20 bits per heavy atom. The largest absolute Gasteiger partial charge is 0.292 e.